The van der Waals surface area contributed by atoms with Crippen LogP contribution >= 0.6 is 11.6 Å². The van der Waals surface area contributed by atoms with Gasteiger partial charge in [-0.1, -0.05) is 11.6 Å². The highest BCUT2D eigenvalue weighted by Crippen LogP contribution is 1.93. The van der Waals surface area contributed by atoms with Gasteiger partial charge in [0.2, 0.25) is 0 Å². The molecule has 7 heteroatoms. The molecular formula is C2H5ClO5S. The summed E-state index contributed by atoms with van der Waals surface area (Å²) in [5, 5.41) is 8.18. The Kier molecular flexibility index (Phi) is 3.37. The Bertz CT molecular complexity index is 160. The molecule has 0 aliphatic heterocycles. The third-order valence-electron chi connectivity index (χ3n) is 0.355. The predicted molar refractivity (Wildman–Crippen MR) is 29.4 cm³/mol. The Morgan fingerprint density at radius 3 is 2.22 bits per heavy atom. The van der Waals surface area contributed by atoms with Crippen molar-refractivity contribution in [2.75, 3.05) is 6.61 Å². The average molecular weight is 177 g/mol. The van der Waals surface area contributed by atoms with Gasteiger partial charge in [0, 0.05) is 0 Å². The first-order chi connectivity index (χ1) is 3.92. The van der Waals surface area contributed by atoms with E-state index >= 15 is 0 Å². The molecule has 0 amide bonds. The highest BCUT2D eigenvalue weighted by Gasteiger charge is 2.06. The van der Waals surface area contributed by atoms with Gasteiger partial charge in [-0.15, -0.1) is 0 Å². The fourth-order valence-corrected chi connectivity index (χ4v) is 0.581. The summed E-state index contributed by atoms with van der Waals surface area (Å²) >= 11 is 4.84. The predicted octanol–water partition coefficient (Wildman–Crippen LogP) is -0.637. The number of aliphatic hydroxyl groups is 1. The van der Waals surface area contributed by atoms with E-state index in [0.29, 0.717) is 0 Å². The molecule has 0 radical (unpaired) electrons. The Labute approximate surface area is 57.2 Å². The highest BCUT2D eigenvalue weighted by atomic mass is 35.5. The smallest absolute Gasteiger partial charge is 0.375 e. The van der Waals surface area contributed by atoms with E-state index in [9.17, 15) is 8.42 Å². The minimum absolute atomic E-state index is 0.652. The Morgan fingerprint density at radius 1 is 1.67 bits per heavy atom. The van der Waals surface area contributed by atoms with Crippen LogP contribution in [0.25, 0.3) is 0 Å². The number of hydrogen-bond acceptors (Lipinski definition) is 4. The van der Waals surface area contributed by atoms with Crippen LogP contribution in [0.5, 0.6) is 0 Å². The summed E-state index contributed by atoms with van der Waals surface area (Å²) in [5.41, 5.74) is -1.42. The summed E-state index contributed by atoms with van der Waals surface area (Å²) in [4.78, 5) is 0. The molecule has 0 aliphatic carbocycles. The quantitative estimate of drug-likeness (QED) is 0.442. The molecule has 9 heavy (non-hydrogen) atoms. The summed E-state index contributed by atoms with van der Waals surface area (Å²) in [6, 6.07) is 0. The van der Waals surface area contributed by atoms with Crippen LogP contribution in [0.1, 0.15) is 0 Å². The number of aliphatic hydroxyl groups excluding tert-OH is 1. The van der Waals surface area contributed by atoms with Crippen molar-refractivity contribution < 1.29 is 22.3 Å². The van der Waals surface area contributed by atoms with E-state index in [1.165, 1.54) is 0 Å². The van der Waals surface area contributed by atoms with Crippen molar-refractivity contribution in [2.45, 2.75) is 5.56 Å². The molecule has 0 fully saturated rings. The van der Waals surface area contributed by atoms with Gasteiger partial charge in [0.25, 0.3) is 0 Å². The summed E-state index contributed by atoms with van der Waals surface area (Å²) in [7, 11) is -4.46. The zero-order valence-electron chi connectivity index (χ0n) is 4.19. The summed E-state index contributed by atoms with van der Waals surface area (Å²) in [6.45, 7) is -0.652. The van der Waals surface area contributed by atoms with Crippen molar-refractivity contribution in [1.29, 1.82) is 0 Å². The summed E-state index contributed by atoms with van der Waals surface area (Å²) < 4.78 is 30.9. The van der Waals surface area contributed by atoms with Gasteiger partial charge in [0.15, 0.2) is 5.56 Å². The fraction of sp³-hybridized carbons (Fsp3) is 1.00. The molecule has 0 aromatic heterocycles. The third kappa shape index (κ3) is 8.12. The van der Waals surface area contributed by atoms with Crippen LogP contribution < -0.4 is 0 Å². The lowest BCUT2D eigenvalue weighted by molar-refractivity contribution is 0.160. The molecule has 1 atom stereocenters. The molecule has 0 heterocycles. The maximum absolute atomic E-state index is 9.70. The van der Waals surface area contributed by atoms with Crippen molar-refractivity contribution in [3.8, 4) is 0 Å². The molecule has 5 nitrogen and oxygen atoms in total. The highest BCUT2D eigenvalue weighted by molar-refractivity contribution is 7.80. The number of halogens is 1. The zero-order valence-corrected chi connectivity index (χ0v) is 5.76. The van der Waals surface area contributed by atoms with E-state index < -0.39 is 22.6 Å². The second-order valence-corrected chi connectivity index (χ2v) is 2.74. The van der Waals surface area contributed by atoms with E-state index in [2.05, 4.69) is 4.18 Å². The van der Waals surface area contributed by atoms with Crippen molar-refractivity contribution in [2.24, 2.45) is 0 Å². The lowest BCUT2D eigenvalue weighted by atomic mass is 10.8. The van der Waals surface area contributed by atoms with Crippen LogP contribution in [-0.2, 0) is 14.6 Å². The maximum atomic E-state index is 9.70. The first-order valence-corrected chi connectivity index (χ1v) is 3.66. The van der Waals surface area contributed by atoms with Gasteiger partial charge in [-0.2, -0.15) is 8.42 Å². The molecule has 0 aromatic carbocycles. The molecule has 0 spiro atoms. The van der Waals surface area contributed by atoms with Gasteiger partial charge in [-0.05, 0) is 0 Å². The van der Waals surface area contributed by atoms with Gasteiger partial charge in [0.1, 0.15) is 6.61 Å². The summed E-state index contributed by atoms with van der Waals surface area (Å²) in [5.74, 6) is 0. The standard InChI is InChI=1S/C2H5ClO5S/c3-2(4)1-8-9(5,6)7/h2,4H,1H2,(H,5,6,7). The monoisotopic (exact) mass is 176 g/mol. The van der Waals surface area contributed by atoms with E-state index in [4.69, 9.17) is 21.3 Å². The van der Waals surface area contributed by atoms with E-state index in [1.807, 2.05) is 0 Å². The minimum atomic E-state index is -4.46. The van der Waals surface area contributed by atoms with Crippen LogP contribution in [0.15, 0.2) is 0 Å². The second-order valence-electron chi connectivity index (χ2n) is 1.15. The summed E-state index contributed by atoms with van der Waals surface area (Å²) in [6.07, 6.45) is 0. The van der Waals surface area contributed by atoms with Crippen molar-refractivity contribution >= 4 is 22.0 Å². The topological polar surface area (TPSA) is 83.8 Å². The molecule has 1 unspecified atom stereocenters. The van der Waals surface area contributed by atoms with Crippen LogP contribution in [0.2, 0.25) is 0 Å². The lowest BCUT2D eigenvalue weighted by Gasteiger charge is -1.98. The SMILES string of the molecule is O=S(=O)(O)OCC(O)Cl. The normalized spacial score (nSPS) is 15.4. The van der Waals surface area contributed by atoms with Crippen LogP contribution in [0, 0.1) is 0 Å². The fourth-order valence-electron chi connectivity index (χ4n) is 0.142. The minimum Gasteiger partial charge on any atom is -0.375 e. The van der Waals surface area contributed by atoms with Crippen molar-refractivity contribution in [1.82, 2.24) is 0 Å². The Hall–Kier alpha value is 0.120. The Balaban J connectivity index is 3.53. The number of alkyl halides is 1. The molecule has 0 aromatic rings. The molecule has 0 bridgehead atoms. The van der Waals surface area contributed by atoms with Crippen LogP contribution in [0.4, 0.5) is 0 Å². The van der Waals surface area contributed by atoms with Gasteiger partial charge < -0.3 is 5.11 Å². The van der Waals surface area contributed by atoms with Crippen LogP contribution in [0.3, 0.4) is 0 Å². The van der Waals surface area contributed by atoms with E-state index in [1.54, 1.807) is 0 Å². The van der Waals surface area contributed by atoms with Gasteiger partial charge >= 0.3 is 10.4 Å². The third-order valence-corrected chi connectivity index (χ3v) is 0.914. The molecule has 0 saturated heterocycles. The van der Waals surface area contributed by atoms with Gasteiger partial charge in [-0.25, -0.2) is 4.18 Å². The van der Waals surface area contributed by atoms with Crippen molar-refractivity contribution in [3.63, 3.8) is 0 Å². The molecule has 0 saturated carbocycles. The maximum Gasteiger partial charge on any atom is 0.397 e. The molecule has 0 rings (SSSR count). The van der Waals surface area contributed by atoms with E-state index in [0.717, 1.165) is 0 Å². The van der Waals surface area contributed by atoms with Gasteiger partial charge in [0.05, 0.1) is 0 Å². The lowest BCUT2D eigenvalue weighted by Crippen LogP contribution is -2.12. The largest absolute Gasteiger partial charge is 0.397 e. The molecule has 2 N–H and O–H groups in total. The first-order valence-electron chi connectivity index (χ1n) is 1.86. The second kappa shape index (κ2) is 3.33. The average Bonchev–Trinajstić information content (AvgIpc) is 1.59. The zero-order chi connectivity index (χ0) is 7.49. The first kappa shape index (κ1) is 9.12. The molecular weight excluding hydrogens is 172 g/mol. The number of rotatable bonds is 3. The number of hydrogen-bond donors (Lipinski definition) is 2. The Morgan fingerprint density at radius 2 is 2.11 bits per heavy atom. The van der Waals surface area contributed by atoms with Gasteiger partial charge in [-0.3, -0.25) is 4.55 Å². The molecule has 0 aliphatic rings. The molecule has 56 valence electrons. The van der Waals surface area contributed by atoms with Crippen LogP contribution in [-0.4, -0.2) is 30.2 Å². The van der Waals surface area contributed by atoms with E-state index in [-0.39, 0.29) is 0 Å². The van der Waals surface area contributed by atoms with Crippen molar-refractivity contribution in [3.05, 3.63) is 0 Å².